The summed E-state index contributed by atoms with van der Waals surface area (Å²) in [7, 11) is 1.78. The van der Waals surface area contributed by atoms with Gasteiger partial charge in [-0.25, -0.2) is 4.98 Å². The molecule has 30 heavy (non-hydrogen) atoms. The van der Waals surface area contributed by atoms with E-state index in [9.17, 15) is 18.0 Å². The highest BCUT2D eigenvalue weighted by atomic mass is 19.4. The second kappa shape index (κ2) is 7.81. The van der Waals surface area contributed by atoms with Crippen LogP contribution in [-0.4, -0.2) is 37.3 Å². The fraction of sp³-hybridized carbons (Fsp3) is 0.550. The van der Waals surface area contributed by atoms with Gasteiger partial charge in [0.05, 0.1) is 11.3 Å². The van der Waals surface area contributed by atoms with E-state index in [0.717, 1.165) is 31.9 Å². The third-order valence-electron chi connectivity index (χ3n) is 5.71. The summed E-state index contributed by atoms with van der Waals surface area (Å²) >= 11 is 0. The van der Waals surface area contributed by atoms with Gasteiger partial charge in [-0.2, -0.15) is 18.3 Å². The zero-order valence-electron chi connectivity index (χ0n) is 17.0. The lowest BCUT2D eigenvalue weighted by Crippen LogP contribution is -2.42. The minimum atomic E-state index is -4.45. The normalized spacial score (nSPS) is 21.7. The van der Waals surface area contributed by atoms with Crippen LogP contribution >= 0.6 is 0 Å². The Balaban J connectivity index is 1.33. The first-order valence-electron chi connectivity index (χ1n) is 10.1. The number of hydrogen-bond acceptors (Lipinski definition) is 4. The number of imidazole rings is 1. The Morgan fingerprint density at radius 3 is 2.50 bits per heavy atom. The highest BCUT2D eigenvalue weighted by Crippen LogP contribution is 2.31. The number of nitrogens with one attached hydrogen (secondary N) is 2. The number of allylic oxidation sites excluding steroid dienone is 1. The number of aryl methyl sites for hydroxylation is 3. The van der Waals surface area contributed by atoms with Crippen molar-refractivity contribution in [1.82, 2.24) is 30.0 Å². The molecule has 1 aliphatic heterocycles. The molecule has 0 atom stereocenters. The molecule has 10 heteroatoms. The molecule has 1 fully saturated rings. The third-order valence-corrected chi connectivity index (χ3v) is 5.71. The molecule has 1 saturated carbocycles. The van der Waals surface area contributed by atoms with Crippen LogP contribution in [0.2, 0.25) is 0 Å². The predicted molar refractivity (Wildman–Crippen MR) is 104 cm³/mol. The number of nitrogens with zero attached hydrogens (tertiary/aromatic N) is 4. The first-order chi connectivity index (χ1) is 14.2. The lowest BCUT2D eigenvalue weighted by atomic mass is 9.91. The van der Waals surface area contributed by atoms with Crippen molar-refractivity contribution in [3.63, 3.8) is 0 Å². The quantitative estimate of drug-likeness (QED) is 0.794. The zero-order valence-corrected chi connectivity index (χ0v) is 17.0. The van der Waals surface area contributed by atoms with Gasteiger partial charge in [0, 0.05) is 37.9 Å². The molecule has 7 nitrogen and oxygen atoms in total. The van der Waals surface area contributed by atoms with Gasteiger partial charge in [-0.3, -0.25) is 14.0 Å². The van der Waals surface area contributed by atoms with Crippen LogP contribution in [-0.2, 0) is 19.6 Å². The Morgan fingerprint density at radius 1 is 1.17 bits per heavy atom. The number of alkyl halides is 3. The van der Waals surface area contributed by atoms with E-state index in [2.05, 4.69) is 20.7 Å². The molecule has 0 spiro atoms. The molecule has 0 bridgehead atoms. The third kappa shape index (κ3) is 4.22. The van der Waals surface area contributed by atoms with E-state index in [4.69, 9.17) is 0 Å². The molecule has 0 radical (unpaired) electrons. The molecular formula is C20H25F3N6O. The standard InChI is InChI=1S/C20H25F3N6O/c1-12-15(10-28(2)27-12)19(30)25-14-8-6-13(7-9-14)24-17-4-3-5-18-26-16(11-29(17)18)20(21,22)23/h4,10-11,13-14,24H,3,5-9H2,1-2H3,(H,25,30). The Morgan fingerprint density at radius 2 is 1.87 bits per heavy atom. The monoisotopic (exact) mass is 422 g/mol. The van der Waals surface area contributed by atoms with Crippen LogP contribution in [0.5, 0.6) is 0 Å². The maximum Gasteiger partial charge on any atom is 0.434 e. The average molecular weight is 422 g/mol. The fourth-order valence-corrected chi connectivity index (χ4v) is 4.18. The van der Waals surface area contributed by atoms with E-state index in [-0.39, 0.29) is 18.0 Å². The molecular weight excluding hydrogens is 397 g/mol. The Kier molecular flexibility index (Phi) is 5.33. The van der Waals surface area contributed by atoms with Gasteiger partial charge in [0.1, 0.15) is 11.6 Å². The summed E-state index contributed by atoms with van der Waals surface area (Å²) in [6, 6.07) is 0.225. The van der Waals surface area contributed by atoms with Gasteiger partial charge in [0.2, 0.25) is 0 Å². The summed E-state index contributed by atoms with van der Waals surface area (Å²) < 4.78 is 42.1. The van der Waals surface area contributed by atoms with E-state index in [1.807, 2.05) is 13.0 Å². The van der Waals surface area contributed by atoms with E-state index in [1.165, 1.54) is 4.57 Å². The molecule has 1 aliphatic carbocycles. The van der Waals surface area contributed by atoms with Gasteiger partial charge in [-0.05, 0) is 45.1 Å². The minimum absolute atomic E-state index is 0.0797. The van der Waals surface area contributed by atoms with Gasteiger partial charge in [0.25, 0.3) is 5.91 Å². The van der Waals surface area contributed by atoms with E-state index in [0.29, 0.717) is 35.7 Å². The molecule has 0 saturated heterocycles. The maximum absolute atomic E-state index is 13.0. The van der Waals surface area contributed by atoms with Gasteiger partial charge < -0.3 is 10.6 Å². The first-order valence-corrected chi connectivity index (χ1v) is 10.1. The van der Waals surface area contributed by atoms with Gasteiger partial charge >= 0.3 is 6.18 Å². The number of hydrogen-bond donors (Lipinski definition) is 2. The molecule has 0 aromatic carbocycles. The lowest BCUT2D eigenvalue weighted by molar-refractivity contribution is -0.141. The van der Waals surface area contributed by atoms with Crippen molar-refractivity contribution < 1.29 is 18.0 Å². The van der Waals surface area contributed by atoms with Gasteiger partial charge in [-0.15, -0.1) is 0 Å². The van der Waals surface area contributed by atoms with Crippen LogP contribution in [0.3, 0.4) is 0 Å². The summed E-state index contributed by atoms with van der Waals surface area (Å²) in [5, 5.41) is 10.7. The predicted octanol–water partition coefficient (Wildman–Crippen LogP) is 3.02. The molecule has 2 aliphatic rings. The van der Waals surface area contributed by atoms with Crippen molar-refractivity contribution in [3.05, 3.63) is 41.2 Å². The second-order valence-electron chi connectivity index (χ2n) is 8.01. The first kappa shape index (κ1) is 20.5. The summed E-state index contributed by atoms with van der Waals surface area (Å²) in [5.41, 5.74) is 0.423. The van der Waals surface area contributed by atoms with Crippen LogP contribution in [0.1, 0.15) is 59.7 Å². The fourth-order valence-electron chi connectivity index (χ4n) is 4.18. The molecule has 162 valence electrons. The number of halogens is 3. The van der Waals surface area contributed by atoms with Crippen LogP contribution in [0.25, 0.3) is 5.82 Å². The molecule has 2 N–H and O–H groups in total. The van der Waals surface area contributed by atoms with Crippen LogP contribution < -0.4 is 10.6 Å². The molecule has 0 unspecified atom stereocenters. The number of rotatable bonds is 4. The van der Waals surface area contributed by atoms with Crippen molar-refractivity contribution >= 4 is 11.7 Å². The van der Waals surface area contributed by atoms with E-state index < -0.39 is 11.9 Å². The van der Waals surface area contributed by atoms with Crippen molar-refractivity contribution in [1.29, 1.82) is 0 Å². The number of aromatic nitrogens is 4. The summed E-state index contributed by atoms with van der Waals surface area (Å²) in [5.74, 6) is 0.979. The highest BCUT2D eigenvalue weighted by molar-refractivity contribution is 5.95. The van der Waals surface area contributed by atoms with Crippen LogP contribution in [0, 0.1) is 6.92 Å². The van der Waals surface area contributed by atoms with Crippen molar-refractivity contribution in [2.75, 3.05) is 0 Å². The van der Waals surface area contributed by atoms with E-state index in [1.54, 1.807) is 17.9 Å². The Labute approximate surface area is 172 Å². The Bertz CT molecular complexity index is 966. The lowest BCUT2D eigenvalue weighted by Gasteiger charge is -2.32. The minimum Gasteiger partial charge on any atom is -0.369 e. The summed E-state index contributed by atoms with van der Waals surface area (Å²) in [6.45, 7) is 1.81. The maximum atomic E-state index is 13.0. The van der Waals surface area contributed by atoms with Crippen LogP contribution in [0.15, 0.2) is 18.5 Å². The van der Waals surface area contributed by atoms with Crippen LogP contribution in [0.4, 0.5) is 13.2 Å². The number of carbonyl (C=O) groups is 1. The van der Waals surface area contributed by atoms with Gasteiger partial charge in [0.15, 0.2) is 5.69 Å². The summed E-state index contributed by atoms with van der Waals surface area (Å²) in [6.07, 6.45) is 4.67. The number of fused-ring (bicyclic) bond motifs is 1. The largest absolute Gasteiger partial charge is 0.434 e. The number of amides is 1. The summed E-state index contributed by atoms with van der Waals surface area (Å²) in [4.78, 5) is 16.2. The SMILES string of the molecule is Cc1nn(C)cc1C(=O)NC1CCC(NC2=CCCc3nc(C(F)(F)F)cn32)CC1. The highest BCUT2D eigenvalue weighted by Gasteiger charge is 2.35. The molecule has 2 aromatic heterocycles. The molecule has 4 rings (SSSR count). The molecule has 1 amide bonds. The van der Waals surface area contributed by atoms with Crippen molar-refractivity contribution in [2.45, 2.75) is 63.7 Å². The Hall–Kier alpha value is -2.78. The molecule has 3 heterocycles. The smallest absolute Gasteiger partial charge is 0.369 e. The molecule has 2 aromatic rings. The topological polar surface area (TPSA) is 76.8 Å². The second-order valence-corrected chi connectivity index (χ2v) is 8.01. The van der Waals surface area contributed by atoms with Crippen molar-refractivity contribution in [3.8, 4) is 0 Å². The van der Waals surface area contributed by atoms with Crippen molar-refractivity contribution in [2.24, 2.45) is 7.05 Å². The average Bonchev–Trinajstić information content (AvgIpc) is 3.27. The number of carbonyl (C=O) groups excluding carboxylic acids is 1. The van der Waals surface area contributed by atoms with E-state index >= 15 is 0 Å². The zero-order chi connectivity index (χ0) is 21.5. The van der Waals surface area contributed by atoms with Gasteiger partial charge in [-0.1, -0.05) is 0 Å².